The number of aryl methyl sites for hydroxylation is 2. The van der Waals surface area contributed by atoms with Gasteiger partial charge in [0.1, 0.15) is 6.04 Å². The number of nitrogens with zero attached hydrogens (tertiary/aromatic N) is 3. The highest BCUT2D eigenvalue weighted by Gasteiger charge is 2.46. The van der Waals surface area contributed by atoms with Crippen LogP contribution in [0.3, 0.4) is 0 Å². The summed E-state index contributed by atoms with van der Waals surface area (Å²) in [6.45, 7) is 2.03. The zero-order valence-corrected chi connectivity index (χ0v) is 14.3. The van der Waals surface area contributed by atoms with Crippen LogP contribution in [0.15, 0.2) is 41.4 Å². The fourth-order valence-corrected chi connectivity index (χ4v) is 4.09. The number of benzene rings is 1. The van der Waals surface area contributed by atoms with Crippen LogP contribution in [0.4, 0.5) is 13.2 Å². The molecule has 1 aromatic carbocycles. The highest BCUT2D eigenvalue weighted by Crippen LogP contribution is 2.30. The van der Waals surface area contributed by atoms with E-state index in [1.54, 1.807) is 37.3 Å². The van der Waals surface area contributed by atoms with Crippen molar-refractivity contribution in [2.75, 3.05) is 0 Å². The molecule has 0 saturated carbocycles. The summed E-state index contributed by atoms with van der Waals surface area (Å²) >= 11 is 0. The van der Waals surface area contributed by atoms with Gasteiger partial charge in [-0.25, -0.2) is 8.42 Å². The molecule has 0 radical (unpaired) electrons. The number of aromatic nitrogens is 2. The summed E-state index contributed by atoms with van der Waals surface area (Å²) in [7, 11) is -2.99. The molecule has 1 aromatic heterocycles. The van der Waals surface area contributed by atoms with Crippen LogP contribution in [0.5, 0.6) is 0 Å². The van der Waals surface area contributed by atoms with E-state index in [1.165, 1.54) is 13.1 Å². The van der Waals surface area contributed by atoms with Gasteiger partial charge in [0, 0.05) is 13.6 Å². The summed E-state index contributed by atoms with van der Waals surface area (Å²) in [4.78, 5) is 0. The lowest BCUT2D eigenvalue weighted by Gasteiger charge is -2.29. The van der Waals surface area contributed by atoms with Crippen molar-refractivity contribution in [2.24, 2.45) is 7.05 Å². The third-order valence-electron chi connectivity index (χ3n) is 3.62. The number of alkyl halides is 3. The Hall–Kier alpha value is -1.87. The Kier molecular flexibility index (Phi) is 5.05. The predicted molar refractivity (Wildman–Crippen MR) is 82.6 cm³/mol. The van der Waals surface area contributed by atoms with E-state index >= 15 is 0 Å². The second-order valence-electron chi connectivity index (χ2n) is 5.50. The van der Waals surface area contributed by atoms with Crippen LogP contribution in [-0.2, 0) is 23.6 Å². The van der Waals surface area contributed by atoms with Crippen LogP contribution in [0.1, 0.15) is 18.2 Å². The van der Waals surface area contributed by atoms with Crippen LogP contribution < -0.4 is 0 Å². The number of hydrogen-bond donors (Lipinski definition) is 0. The Balaban J connectivity index is 2.51. The van der Waals surface area contributed by atoms with E-state index in [9.17, 15) is 21.6 Å². The average Bonchev–Trinajstić information content (AvgIpc) is 2.83. The summed E-state index contributed by atoms with van der Waals surface area (Å²) < 4.78 is 66.9. The maximum absolute atomic E-state index is 13.2. The largest absolute Gasteiger partial charge is 0.404 e. The van der Waals surface area contributed by atoms with Crippen LogP contribution >= 0.6 is 0 Å². The lowest BCUT2D eigenvalue weighted by Crippen LogP contribution is -2.46. The predicted octanol–water partition coefficient (Wildman–Crippen LogP) is 2.87. The summed E-state index contributed by atoms with van der Waals surface area (Å²) in [6.07, 6.45) is -4.69. The average molecular weight is 361 g/mol. The topological polar surface area (TPSA) is 55.2 Å². The summed E-state index contributed by atoms with van der Waals surface area (Å²) in [5, 5.41) is 3.65. The molecule has 0 aliphatic carbocycles. The van der Waals surface area contributed by atoms with Crippen LogP contribution in [0.25, 0.3) is 0 Å². The SMILES string of the molecule is Cc1cc(S(=O)(=O)N(Cc2ccccc2)C(C)C(F)(F)F)n(C)n1. The molecule has 0 amide bonds. The molecular formula is C15H18F3N3O2S. The van der Waals surface area contributed by atoms with Gasteiger partial charge in [-0.2, -0.15) is 22.6 Å². The van der Waals surface area contributed by atoms with Gasteiger partial charge < -0.3 is 0 Å². The molecule has 1 unspecified atom stereocenters. The molecular weight excluding hydrogens is 343 g/mol. The molecule has 0 fully saturated rings. The van der Waals surface area contributed by atoms with E-state index in [2.05, 4.69) is 5.10 Å². The Morgan fingerprint density at radius 1 is 1.25 bits per heavy atom. The first-order valence-electron chi connectivity index (χ1n) is 7.16. The van der Waals surface area contributed by atoms with Gasteiger partial charge in [-0.1, -0.05) is 30.3 Å². The van der Waals surface area contributed by atoms with E-state index in [0.717, 1.165) is 11.6 Å². The van der Waals surface area contributed by atoms with Crippen molar-refractivity contribution < 1.29 is 21.6 Å². The maximum Gasteiger partial charge on any atom is 0.404 e. The smallest absolute Gasteiger partial charge is 0.256 e. The van der Waals surface area contributed by atoms with Crippen molar-refractivity contribution >= 4 is 10.0 Å². The maximum atomic E-state index is 13.2. The molecule has 1 atom stereocenters. The van der Waals surface area contributed by atoms with Crippen molar-refractivity contribution in [3.8, 4) is 0 Å². The lowest BCUT2D eigenvalue weighted by atomic mass is 10.2. The standard InChI is InChI=1S/C15H18F3N3O2S/c1-11-9-14(20(3)19-11)24(22,23)21(12(2)15(16,17)18)10-13-7-5-4-6-8-13/h4-9,12H,10H2,1-3H3. The minimum absolute atomic E-state index is 0.271. The molecule has 5 nitrogen and oxygen atoms in total. The van der Waals surface area contributed by atoms with Crippen molar-refractivity contribution in [1.29, 1.82) is 0 Å². The van der Waals surface area contributed by atoms with Gasteiger partial charge in [0.25, 0.3) is 10.0 Å². The van der Waals surface area contributed by atoms with Crippen molar-refractivity contribution in [1.82, 2.24) is 14.1 Å². The number of hydrogen-bond acceptors (Lipinski definition) is 3. The second kappa shape index (κ2) is 6.56. The highest BCUT2D eigenvalue weighted by molar-refractivity contribution is 7.89. The van der Waals surface area contributed by atoms with Gasteiger partial charge in [0.05, 0.1) is 5.69 Å². The molecule has 1 heterocycles. The molecule has 2 aromatic rings. The van der Waals surface area contributed by atoms with Gasteiger partial charge in [-0.05, 0) is 25.5 Å². The van der Waals surface area contributed by atoms with Gasteiger partial charge >= 0.3 is 6.18 Å². The van der Waals surface area contributed by atoms with Crippen LogP contribution in [0, 0.1) is 6.92 Å². The first kappa shape index (κ1) is 18.5. The van der Waals surface area contributed by atoms with Crippen LogP contribution in [-0.4, -0.2) is 34.7 Å². The fraction of sp³-hybridized carbons (Fsp3) is 0.400. The molecule has 0 spiro atoms. The summed E-state index contributed by atoms with van der Waals surface area (Å²) in [5.41, 5.74) is 0.881. The van der Waals surface area contributed by atoms with Gasteiger partial charge in [-0.15, -0.1) is 0 Å². The Bertz CT molecular complexity index is 801. The number of halogens is 3. The van der Waals surface area contributed by atoms with E-state index in [-0.39, 0.29) is 11.6 Å². The van der Waals surface area contributed by atoms with Gasteiger partial charge in [-0.3, -0.25) is 4.68 Å². The third kappa shape index (κ3) is 3.78. The van der Waals surface area contributed by atoms with Crippen molar-refractivity contribution in [3.05, 3.63) is 47.7 Å². The first-order valence-corrected chi connectivity index (χ1v) is 8.60. The van der Waals surface area contributed by atoms with Crippen LogP contribution in [0.2, 0.25) is 0 Å². The number of sulfonamides is 1. The minimum Gasteiger partial charge on any atom is -0.256 e. The van der Waals surface area contributed by atoms with Crippen molar-refractivity contribution in [3.63, 3.8) is 0 Å². The molecule has 24 heavy (non-hydrogen) atoms. The van der Waals surface area contributed by atoms with Gasteiger partial charge in [0.2, 0.25) is 0 Å². The Morgan fingerprint density at radius 2 is 1.83 bits per heavy atom. The quantitative estimate of drug-likeness (QED) is 0.823. The monoisotopic (exact) mass is 361 g/mol. The Morgan fingerprint density at radius 3 is 2.29 bits per heavy atom. The summed E-state index contributed by atoms with van der Waals surface area (Å²) in [6, 6.07) is 7.26. The molecule has 0 N–H and O–H groups in total. The molecule has 9 heteroatoms. The number of rotatable bonds is 5. The third-order valence-corrected chi connectivity index (χ3v) is 5.59. The second-order valence-corrected chi connectivity index (χ2v) is 7.34. The normalized spacial score (nSPS) is 14.1. The molecule has 2 rings (SSSR count). The zero-order valence-electron chi connectivity index (χ0n) is 13.4. The van der Waals surface area contributed by atoms with Crippen molar-refractivity contribution in [2.45, 2.75) is 37.6 Å². The minimum atomic E-state index is -4.69. The van der Waals surface area contributed by atoms with E-state index in [1.807, 2.05) is 0 Å². The highest BCUT2D eigenvalue weighted by atomic mass is 32.2. The van der Waals surface area contributed by atoms with E-state index in [4.69, 9.17) is 0 Å². The van der Waals surface area contributed by atoms with E-state index in [0.29, 0.717) is 15.6 Å². The molecule has 0 saturated heterocycles. The Labute approximate surface area is 138 Å². The lowest BCUT2D eigenvalue weighted by molar-refractivity contribution is -0.167. The first-order chi connectivity index (χ1) is 11.0. The summed E-state index contributed by atoms with van der Waals surface area (Å²) in [5.74, 6) is 0. The molecule has 132 valence electrons. The van der Waals surface area contributed by atoms with Gasteiger partial charge in [0.15, 0.2) is 5.03 Å². The zero-order chi connectivity index (χ0) is 18.1. The van der Waals surface area contributed by atoms with E-state index < -0.39 is 22.2 Å². The molecule has 0 aliphatic rings. The molecule has 0 bridgehead atoms. The molecule has 0 aliphatic heterocycles. The fourth-order valence-electron chi connectivity index (χ4n) is 2.31.